The topological polar surface area (TPSA) is 21.7 Å². The first-order valence-corrected chi connectivity index (χ1v) is 6.99. The second-order valence-electron chi connectivity index (χ2n) is 5.09. The van der Waals surface area contributed by atoms with Crippen LogP contribution in [0.4, 0.5) is 5.69 Å². The van der Waals surface area contributed by atoms with Gasteiger partial charge in [0.2, 0.25) is 0 Å². The van der Waals surface area contributed by atoms with Gasteiger partial charge in [0.05, 0.1) is 18.3 Å². The molecule has 0 saturated carbocycles. The molecule has 0 spiro atoms. The lowest BCUT2D eigenvalue weighted by Crippen LogP contribution is -2.38. The number of hydrogen-bond donors (Lipinski definition) is 0. The number of nitrogens with zero attached hydrogens (tertiary/aromatic N) is 1. The Kier molecular flexibility index (Phi) is 3.41. The third-order valence-corrected chi connectivity index (χ3v) is 3.84. The van der Waals surface area contributed by atoms with E-state index in [9.17, 15) is 0 Å². The maximum absolute atomic E-state index is 5.78. The molecule has 0 bridgehead atoms. The molecule has 3 heteroatoms. The second-order valence-corrected chi connectivity index (χ2v) is 5.09. The molecule has 0 aliphatic carbocycles. The van der Waals surface area contributed by atoms with E-state index >= 15 is 0 Å². The normalized spacial score (nSPS) is 22.7. The Balaban J connectivity index is 1.78. The molecule has 1 aromatic carbocycles. The van der Waals surface area contributed by atoms with Gasteiger partial charge in [-0.25, -0.2) is 0 Å². The molecule has 0 aromatic heterocycles. The molecule has 3 rings (SSSR count). The zero-order valence-corrected chi connectivity index (χ0v) is 11.0. The number of anilines is 1. The third kappa shape index (κ3) is 2.32. The molecular formula is C15H21NO2. The molecule has 2 heterocycles. The fraction of sp³-hybridized carbons (Fsp3) is 0.600. The van der Waals surface area contributed by atoms with Crippen LogP contribution in [0.15, 0.2) is 18.2 Å². The standard InChI is InChI=1S/C15H21NO2/c1-2-12-5-6-14-15(10-12)18-9-7-16(14)11-13-4-3-8-17-13/h5-6,10,13H,2-4,7-9,11H2,1H3. The molecule has 1 atom stereocenters. The summed E-state index contributed by atoms with van der Waals surface area (Å²) < 4.78 is 11.5. The lowest BCUT2D eigenvalue weighted by molar-refractivity contribution is 0.114. The van der Waals surface area contributed by atoms with Crippen LogP contribution in [0.1, 0.15) is 25.3 Å². The van der Waals surface area contributed by atoms with Crippen molar-refractivity contribution in [2.45, 2.75) is 32.3 Å². The van der Waals surface area contributed by atoms with E-state index in [1.165, 1.54) is 24.1 Å². The Bertz CT molecular complexity index is 413. The van der Waals surface area contributed by atoms with Crippen LogP contribution in [0.2, 0.25) is 0 Å². The molecule has 18 heavy (non-hydrogen) atoms. The molecular weight excluding hydrogens is 226 g/mol. The van der Waals surface area contributed by atoms with Gasteiger partial charge in [-0.1, -0.05) is 13.0 Å². The lowest BCUT2D eigenvalue weighted by atomic mass is 10.1. The molecule has 1 fully saturated rings. The van der Waals surface area contributed by atoms with E-state index in [1.54, 1.807) is 0 Å². The monoisotopic (exact) mass is 247 g/mol. The summed E-state index contributed by atoms with van der Waals surface area (Å²) in [4.78, 5) is 2.41. The molecule has 0 amide bonds. The number of benzene rings is 1. The lowest BCUT2D eigenvalue weighted by Gasteiger charge is -2.33. The summed E-state index contributed by atoms with van der Waals surface area (Å²) in [5.74, 6) is 1.04. The van der Waals surface area contributed by atoms with Crippen LogP contribution in [-0.2, 0) is 11.2 Å². The van der Waals surface area contributed by atoms with Gasteiger partial charge in [-0.15, -0.1) is 0 Å². The number of rotatable bonds is 3. The Hall–Kier alpha value is -1.22. The van der Waals surface area contributed by atoms with Gasteiger partial charge in [-0.05, 0) is 37.0 Å². The average Bonchev–Trinajstić information content (AvgIpc) is 2.91. The van der Waals surface area contributed by atoms with Crippen LogP contribution >= 0.6 is 0 Å². The third-order valence-electron chi connectivity index (χ3n) is 3.84. The molecule has 1 unspecified atom stereocenters. The van der Waals surface area contributed by atoms with E-state index in [0.717, 1.165) is 38.5 Å². The van der Waals surface area contributed by atoms with E-state index in [4.69, 9.17) is 9.47 Å². The van der Waals surface area contributed by atoms with Crippen molar-refractivity contribution in [3.63, 3.8) is 0 Å². The minimum Gasteiger partial charge on any atom is -0.490 e. The van der Waals surface area contributed by atoms with Gasteiger partial charge in [-0.2, -0.15) is 0 Å². The predicted octanol–water partition coefficient (Wildman–Crippen LogP) is 2.63. The minimum atomic E-state index is 0.404. The number of aryl methyl sites for hydroxylation is 1. The van der Waals surface area contributed by atoms with Gasteiger partial charge in [0.25, 0.3) is 0 Å². The highest BCUT2D eigenvalue weighted by molar-refractivity contribution is 5.61. The van der Waals surface area contributed by atoms with Gasteiger partial charge in [0, 0.05) is 13.2 Å². The summed E-state index contributed by atoms with van der Waals surface area (Å²) in [7, 11) is 0. The molecule has 0 N–H and O–H groups in total. The van der Waals surface area contributed by atoms with Crippen molar-refractivity contribution < 1.29 is 9.47 Å². The van der Waals surface area contributed by atoms with Crippen LogP contribution in [-0.4, -0.2) is 32.4 Å². The van der Waals surface area contributed by atoms with E-state index in [1.807, 2.05) is 0 Å². The van der Waals surface area contributed by atoms with E-state index in [2.05, 4.69) is 30.0 Å². The quantitative estimate of drug-likeness (QED) is 0.819. The molecule has 1 aromatic rings. The fourth-order valence-electron chi connectivity index (χ4n) is 2.77. The largest absolute Gasteiger partial charge is 0.490 e. The molecule has 98 valence electrons. The van der Waals surface area contributed by atoms with Crippen LogP contribution in [0.25, 0.3) is 0 Å². The SMILES string of the molecule is CCc1ccc2c(c1)OCCN2CC1CCCO1. The summed E-state index contributed by atoms with van der Waals surface area (Å²) in [5.41, 5.74) is 2.57. The van der Waals surface area contributed by atoms with Gasteiger partial charge in [0.15, 0.2) is 0 Å². The number of ether oxygens (including phenoxy) is 2. The molecule has 3 nitrogen and oxygen atoms in total. The van der Waals surface area contributed by atoms with Crippen molar-refractivity contribution in [1.82, 2.24) is 0 Å². The maximum Gasteiger partial charge on any atom is 0.142 e. The summed E-state index contributed by atoms with van der Waals surface area (Å²) in [6, 6.07) is 6.58. The molecule has 2 aliphatic heterocycles. The van der Waals surface area contributed by atoms with E-state index in [0.29, 0.717) is 6.10 Å². The molecule has 2 aliphatic rings. The van der Waals surface area contributed by atoms with E-state index < -0.39 is 0 Å². The van der Waals surface area contributed by atoms with Crippen LogP contribution in [0, 0.1) is 0 Å². The van der Waals surface area contributed by atoms with E-state index in [-0.39, 0.29) is 0 Å². The first kappa shape index (κ1) is 11.8. The number of fused-ring (bicyclic) bond motifs is 1. The van der Waals surface area contributed by atoms with Crippen LogP contribution < -0.4 is 9.64 Å². The van der Waals surface area contributed by atoms with Crippen molar-refractivity contribution in [3.8, 4) is 5.75 Å². The van der Waals surface area contributed by atoms with Gasteiger partial charge in [0.1, 0.15) is 12.4 Å². The molecule has 0 radical (unpaired) electrons. The smallest absolute Gasteiger partial charge is 0.142 e. The Labute approximate surface area is 109 Å². The van der Waals surface area contributed by atoms with Crippen molar-refractivity contribution in [2.24, 2.45) is 0 Å². The number of hydrogen-bond acceptors (Lipinski definition) is 3. The first-order valence-electron chi connectivity index (χ1n) is 6.99. The van der Waals surface area contributed by atoms with Crippen molar-refractivity contribution in [1.29, 1.82) is 0 Å². The van der Waals surface area contributed by atoms with Crippen molar-refractivity contribution in [3.05, 3.63) is 23.8 Å². The van der Waals surface area contributed by atoms with Gasteiger partial charge < -0.3 is 14.4 Å². The average molecular weight is 247 g/mol. The maximum atomic E-state index is 5.78. The molecule has 1 saturated heterocycles. The zero-order chi connectivity index (χ0) is 12.4. The second kappa shape index (κ2) is 5.19. The van der Waals surface area contributed by atoms with Crippen molar-refractivity contribution >= 4 is 5.69 Å². The summed E-state index contributed by atoms with van der Waals surface area (Å²) in [6.45, 7) is 5.86. The summed E-state index contributed by atoms with van der Waals surface area (Å²) >= 11 is 0. The van der Waals surface area contributed by atoms with Crippen LogP contribution in [0.3, 0.4) is 0 Å². The first-order chi connectivity index (χ1) is 8.86. The fourth-order valence-corrected chi connectivity index (χ4v) is 2.77. The van der Waals surface area contributed by atoms with Crippen molar-refractivity contribution in [2.75, 3.05) is 31.2 Å². The zero-order valence-electron chi connectivity index (χ0n) is 11.0. The van der Waals surface area contributed by atoms with Crippen LogP contribution in [0.5, 0.6) is 5.75 Å². The highest BCUT2D eigenvalue weighted by Gasteiger charge is 2.23. The summed E-state index contributed by atoms with van der Waals surface area (Å²) in [6.07, 6.45) is 3.86. The highest BCUT2D eigenvalue weighted by atomic mass is 16.5. The highest BCUT2D eigenvalue weighted by Crippen LogP contribution is 2.33. The van der Waals surface area contributed by atoms with Gasteiger partial charge in [-0.3, -0.25) is 0 Å². The Morgan fingerprint density at radius 2 is 2.28 bits per heavy atom. The minimum absolute atomic E-state index is 0.404. The Morgan fingerprint density at radius 1 is 1.33 bits per heavy atom. The summed E-state index contributed by atoms with van der Waals surface area (Å²) in [5, 5.41) is 0. The van der Waals surface area contributed by atoms with Gasteiger partial charge >= 0.3 is 0 Å². The Morgan fingerprint density at radius 3 is 3.06 bits per heavy atom. The predicted molar refractivity (Wildman–Crippen MR) is 72.5 cm³/mol.